The molecule has 3 aromatic carbocycles. The topological polar surface area (TPSA) is 54.7 Å². The minimum Gasteiger partial charge on any atom is -0.377 e. The first-order chi connectivity index (χ1) is 18.8. The van der Waals surface area contributed by atoms with Crippen molar-refractivity contribution in [1.29, 1.82) is 0 Å². The zero-order chi connectivity index (χ0) is 27.4. The number of alkyl halides is 3. The van der Waals surface area contributed by atoms with E-state index in [1.54, 1.807) is 42.5 Å². The number of aliphatic hydroxyl groups is 1. The Morgan fingerprint density at radius 3 is 2.44 bits per heavy atom. The van der Waals surface area contributed by atoms with E-state index < -0.39 is 23.8 Å². The molecule has 0 radical (unpaired) electrons. The molecule has 2 heterocycles. The third kappa shape index (κ3) is 6.08. The van der Waals surface area contributed by atoms with Crippen molar-refractivity contribution in [3.8, 4) is 0 Å². The van der Waals surface area contributed by atoms with Crippen LogP contribution in [-0.2, 0) is 17.4 Å². The molecule has 0 aliphatic carbocycles. The van der Waals surface area contributed by atoms with Gasteiger partial charge in [0.05, 0.1) is 17.3 Å². The van der Waals surface area contributed by atoms with Gasteiger partial charge in [-0.05, 0) is 60.7 Å². The zero-order valence-electron chi connectivity index (χ0n) is 21.2. The normalized spacial score (nSPS) is 16.9. The first kappa shape index (κ1) is 26.7. The molecular weight excluding hydrogens is 505 g/mol. The molecule has 4 aromatic rings. The number of nitrogens with zero attached hydrogens (tertiary/aromatic N) is 2. The monoisotopic (exact) mass is 534 g/mol. The minimum atomic E-state index is -4.33. The van der Waals surface area contributed by atoms with Gasteiger partial charge in [-0.15, -0.1) is 0 Å². The summed E-state index contributed by atoms with van der Waals surface area (Å²) in [6, 6.07) is 21.7. The SMILES string of the molecule is O=C(On1cc(C2CC=CCN2CCCc2ccc(C(F)(F)F)cc2)c2ccccc21)C(O)c1ccccc1. The Hall–Kier alpha value is -3.88. The van der Waals surface area contributed by atoms with Crippen molar-refractivity contribution in [3.05, 3.63) is 119 Å². The Kier molecular flexibility index (Phi) is 7.86. The summed E-state index contributed by atoms with van der Waals surface area (Å²) in [5.74, 6) is -0.773. The number of carbonyl (C=O) groups is 1. The van der Waals surface area contributed by atoms with Gasteiger partial charge in [-0.2, -0.15) is 17.9 Å². The maximum absolute atomic E-state index is 12.9. The molecule has 2 atom stereocenters. The van der Waals surface area contributed by atoms with Gasteiger partial charge < -0.3 is 9.94 Å². The van der Waals surface area contributed by atoms with Gasteiger partial charge in [-0.25, -0.2) is 4.79 Å². The average Bonchev–Trinajstić information content (AvgIpc) is 3.31. The van der Waals surface area contributed by atoms with E-state index in [4.69, 9.17) is 4.84 Å². The number of aryl methyl sites for hydroxylation is 1. The largest absolute Gasteiger partial charge is 0.416 e. The second kappa shape index (κ2) is 11.5. The molecule has 202 valence electrons. The molecule has 1 aromatic heterocycles. The van der Waals surface area contributed by atoms with E-state index in [1.807, 2.05) is 30.5 Å². The van der Waals surface area contributed by atoms with Gasteiger partial charge in [-0.3, -0.25) is 4.90 Å². The summed E-state index contributed by atoms with van der Waals surface area (Å²) in [4.78, 5) is 20.7. The summed E-state index contributed by atoms with van der Waals surface area (Å²) in [7, 11) is 0. The number of hydrogen-bond donors (Lipinski definition) is 1. The fourth-order valence-corrected chi connectivity index (χ4v) is 5.06. The van der Waals surface area contributed by atoms with Crippen LogP contribution in [0.25, 0.3) is 10.9 Å². The highest BCUT2D eigenvalue weighted by atomic mass is 19.4. The number of fused-ring (bicyclic) bond motifs is 1. The molecule has 0 bridgehead atoms. The first-order valence-corrected chi connectivity index (χ1v) is 12.9. The lowest BCUT2D eigenvalue weighted by atomic mass is 9.97. The van der Waals surface area contributed by atoms with E-state index >= 15 is 0 Å². The number of benzene rings is 3. The third-order valence-corrected chi connectivity index (χ3v) is 7.09. The summed E-state index contributed by atoms with van der Waals surface area (Å²) in [6.45, 7) is 1.49. The Morgan fingerprint density at radius 1 is 0.974 bits per heavy atom. The van der Waals surface area contributed by atoms with Crippen molar-refractivity contribution in [2.75, 3.05) is 13.1 Å². The number of aliphatic hydroxyl groups excluding tert-OH is 1. The van der Waals surface area contributed by atoms with Crippen LogP contribution >= 0.6 is 0 Å². The van der Waals surface area contributed by atoms with Gasteiger partial charge in [-0.1, -0.05) is 72.8 Å². The van der Waals surface area contributed by atoms with E-state index in [1.165, 1.54) is 4.73 Å². The Morgan fingerprint density at radius 2 is 1.69 bits per heavy atom. The predicted octanol–water partition coefficient (Wildman–Crippen LogP) is 6.28. The van der Waals surface area contributed by atoms with Crippen molar-refractivity contribution < 1.29 is 27.9 Å². The molecule has 2 unspecified atom stereocenters. The number of aromatic nitrogens is 1. The van der Waals surface area contributed by atoms with Crippen LogP contribution in [0.2, 0.25) is 0 Å². The van der Waals surface area contributed by atoms with Crippen molar-refractivity contribution in [3.63, 3.8) is 0 Å². The molecule has 1 aliphatic rings. The second-order valence-electron chi connectivity index (χ2n) is 9.67. The van der Waals surface area contributed by atoms with E-state index in [-0.39, 0.29) is 6.04 Å². The van der Waals surface area contributed by atoms with Crippen LogP contribution in [-0.4, -0.2) is 33.8 Å². The second-order valence-corrected chi connectivity index (χ2v) is 9.67. The Bertz CT molecular complexity index is 1450. The van der Waals surface area contributed by atoms with Crippen LogP contribution in [0.4, 0.5) is 13.2 Å². The van der Waals surface area contributed by atoms with Gasteiger partial charge >= 0.3 is 12.1 Å². The highest BCUT2D eigenvalue weighted by Gasteiger charge is 2.30. The lowest BCUT2D eigenvalue weighted by Crippen LogP contribution is -2.32. The van der Waals surface area contributed by atoms with Crippen molar-refractivity contribution in [2.45, 2.75) is 37.6 Å². The summed E-state index contributed by atoms with van der Waals surface area (Å²) in [6.07, 6.45) is 2.54. The average molecular weight is 535 g/mol. The molecule has 0 fully saturated rings. The number of halogens is 3. The molecule has 8 heteroatoms. The highest BCUT2D eigenvalue weighted by molar-refractivity contribution is 5.85. The minimum absolute atomic E-state index is 0.0338. The maximum atomic E-state index is 12.9. The predicted molar refractivity (Wildman–Crippen MR) is 143 cm³/mol. The van der Waals surface area contributed by atoms with Gasteiger partial charge in [0.2, 0.25) is 0 Å². The van der Waals surface area contributed by atoms with Crippen LogP contribution in [0.3, 0.4) is 0 Å². The molecule has 0 spiro atoms. The fourth-order valence-electron chi connectivity index (χ4n) is 5.06. The Balaban J connectivity index is 1.31. The molecular formula is C31H29F3N2O3. The lowest BCUT2D eigenvalue weighted by molar-refractivity contribution is -0.153. The molecule has 39 heavy (non-hydrogen) atoms. The van der Waals surface area contributed by atoms with Crippen LogP contribution < -0.4 is 4.84 Å². The van der Waals surface area contributed by atoms with Gasteiger partial charge in [0.1, 0.15) is 0 Å². The van der Waals surface area contributed by atoms with Crippen LogP contribution in [0.1, 0.15) is 47.2 Å². The lowest BCUT2D eigenvalue weighted by Gasteiger charge is -2.33. The van der Waals surface area contributed by atoms with Crippen molar-refractivity contribution in [2.24, 2.45) is 0 Å². The number of rotatable bonds is 8. The summed E-state index contributed by atoms with van der Waals surface area (Å²) < 4.78 is 40.0. The van der Waals surface area contributed by atoms with E-state index in [0.29, 0.717) is 12.0 Å². The van der Waals surface area contributed by atoms with Crippen LogP contribution in [0, 0.1) is 0 Å². The smallest absolute Gasteiger partial charge is 0.377 e. The van der Waals surface area contributed by atoms with E-state index in [0.717, 1.165) is 60.1 Å². The Labute approximate surface area is 224 Å². The van der Waals surface area contributed by atoms with Crippen LogP contribution in [0.15, 0.2) is 97.2 Å². The van der Waals surface area contributed by atoms with E-state index in [2.05, 4.69) is 17.1 Å². The number of hydrogen-bond acceptors (Lipinski definition) is 4. The summed E-state index contributed by atoms with van der Waals surface area (Å²) in [5.41, 5.74) is 2.41. The summed E-state index contributed by atoms with van der Waals surface area (Å²) in [5, 5.41) is 11.5. The quantitative estimate of drug-likeness (QED) is 0.270. The third-order valence-electron chi connectivity index (χ3n) is 7.09. The number of carbonyl (C=O) groups excluding carboxylic acids is 1. The van der Waals surface area contributed by atoms with Crippen molar-refractivity contribution >= 4 is 16.9 Å². The highest BCUT2D eigenvalue weighted by Crippen LogP contribution is 2.35. The van der Waals surface area contributed by atoms with Gasteiger partial charge in [0.15, 0.2) is 6.10 Å². The molecule has 1 aliphatic heterocycles. The van der Waals surface area contributed by atoms with Gasteiger partial charge in [0.25, 0.3) is 0 Å². The molecule has 0 saturated carbocycles. The van der Waals surface area contributed by atoms with Crippen molar-refractivity contribution in [1.82, 2.24) is 9.63 Å². The fraction of sp³-hybridized carbons (Fsp3) is 0.258. The number of para-hydroxylation sites is 1. The molecule has 1 N–H and O–H groups in total. The molecule has 0 saturated heterocycles. The molecule has 0 amide bonds. The zero-order valence-corrected chi connectivity index (χ0v) is 21.2. The molecule has 5 nitrogen and oxygen atoms in total. The first-order valence-electron chi connectivity index (χ1n) is 12.9. The van der Waals surface area contributed by atoms with E-state index in [9.17, 15) is 23.1 Å². The summed E-state index contributed by atoms with van der Waals surface area (Å²) >= 11 is 0. The maximum Gasteiger partial charge on any atom is 0.416 e. The van der Waals surface area contributed by atoms with Crippen LogP contribution in [0.5, 0.6) is 0 Å². The molecule has 5 rings (SSSR count). The van der Waals surface area contributed by atoms with Gasteiger partial charge in [0, 0.05) is 18.0 Å². The standard InChI is InChI=1S/C31H29F3N2O3/c32-31(33,34)24-17-15-22(16-18-24)9-8-20-35-19-7-6-13-27(35)26-21-36(28-14-5-4-12-25(26)28)39-30(38)29(37)23-10-2-1-3-11-23/h1-7,10-12,14-18,21,27,29,37H,8-9,13,19-20H2.